The number of nitrogens with one attached hydrogen (secondary N) is 1. The van der Waals surface area contributed by atoms with Gasteiger partial charge in [-0.2, -0.15) is 0 Å². The number of carbonyl (C=O) groups is 2. The van der Waals surface area contributed by atoms with Crippen molar-refractivity contribution < 1.29 is 19.1 Å². The van der Waals surface area contributed by atoms with E-state index in [1.165, 1.54) is 0 Å². The van der Waals surface area contributed by atoms with Gasteiger partial charge in [0.05, 0.1) is 5.56 Å². The van der Waals surface area contributed by atoms with Gasteiger partial charge in [-0.15, -0.1) is 0 Å². The lowest BCUT2D eigenvalue weighted by Gasteiger charge is -2.24. The molecular formula is C33H41N3O4. The molecule has 212 valence electrons. The molecular weight excluding hydrogens is 502 g/mol. The minimum absolute atomic E-state index is 0.00735. The van der Waals surface area contributed by atoms with E-state index in [0.29, 0.717) is 23.6 Å². The number of nitrogens with two attached hydrogens (primary N) is 1. The van der Waals surface area contributed by atoms with E-state index in [4.69, 9.17) is 20.2 Å². The number of esters is 1. The second-order valence-corrected chi connectivity index (χ2v) is 11.3. The summed E-state index contributed by atoms with van der Waals surface area (Å²) in [6, 6.07) is 16.9. The van der Waals surface area contributed by atoms with E-state index in [-0.39, 0.29) is 13.2 Å². The number of aryl methyl sites for hydroxylation is 1. The molecule has 0 unspecified atom stereocenters. The van der Waals surface area contributed by atoms with Crippen LogP contribution in [-0.4, -0.2) is 29.3 Å². The van der Waals surface area contributed by atoms with Crippen molar-refractivity contribution in [2.24, 2.45) is 11.7 Å². The minimum Gasteiger partial charge on any atom is -0.457 e. The van der Waals surface area contributed by atoms with Crippen molar-refractivity contribution in [3.05, 3.63) is 94.8 Å². The smallest absolute Gasteiger partial charge is 0.407 e. The van der Waals surface area contributed by atoms with Crippen LogP contribution in [0.3, 0.4) is 0 Å². The molecule has 0 bridgehead atoms. The molecule has 1 amide bonds. The average Bonchev–Trinajstić information content (AvgIpc) is 2.90. The van der Waals surface area contributed by atoms with Crippen LogP contribution in [0, 0.1) is 12.8 Å². The number of nitrogens with zero attached hydrogens (tertiary/aromatic N) is 1. The van der Waals surface area contributed by atoms with Crippen LogP contribution in [0.1, 0.15) is 73.1 Å². The molecule has 2 aromatic carbocycles. The van der Waals surface area contributed by atoms with E-state index in [1.807, 2.05) is 58.0 Å². The lowest BCUT2D eigenvalue weighted by Crippen LogP contribution is -2.32. The first-order valence-corrected chi connectivity index (χ1v) is 13.6. The molecule has 0 saturated heterocycles. The summed E-state index contributed by atoms with van der Waals surface area (Å²) in [6.07, 6.45) is 0.209. The van der Waals surface area contributed by atoms with E-state index in [9.17, 15) is 9.59 Å². The van der Waals surface area contributed by atoms with E-state index in [0.717, 1.165) is 45.6 Å². The number of ether oxygens (including phenoxy) is 2. The molecule has 0 aliphatic rings. The quantitative estimate of drug-likeness (QED) is 0.279. The SMILES string of the molecule is C=C(COC(=O)c1ccccc1)c1c(C)nc(CC(C)C)c(CNC(=O)OC(C)(C)C)c1-c1ccc(CN)cc1. The van der Waals surface area contributed by atoms with Crippen LogP contribution >= 0.6 is 0 Å². The molecule has 0 aliphatic heterocycles. The Hall–Kier alpha value is -3.97. The Balaban J connectivity index is 2.09. The Labute approximate surface area is 237 Å². The second-order valence-electron chi connectivity index (χ2n) is 11.3. The number of carbonyl (C=O) groups excluding carboxylic acids is 2. The molecule has 40 heavy (non-hydrogen) atoms. The van der Waals surface area contributed by atoms with Crippen LogP contribution in [0.25, 0.3) is 16.7 Å². The molecule has 3 rings (SSSR count). The summed E-state index contributed by atoms with van der Waals surface area (Å²) >= 11 is 0. The molecule has 3 aromatic rings. The maximum absolute atomic E-state index is 12.7. The van der Waals surface area contributed by atoms with Gasteiger partial charge in [-0.05, 0) is 74.4 Å². The van der Waals surface area contributed by atoms with Crippen molar-refractivity contribution >= 4 is 17.6 Å². The first-order valence-electron chi connectivity index (χ1n) is 13.6. The predicted molar refractivity (Wildman–Crippen MR) is 160 cm³/mol. The van der Waals surface area contributed by atoms with Gasteiger partial charge in [0.2, 0.25) is 0 Å². The first kappa shape index (κ1) is 30.6. The average molecular weight is 544 g/mol. The fraction of sp³-hybridized carbons (Fsp3) is 0.364. The standard InChI is InChI=1S/C33H41N3O4/c1-21(2)17-28-27(19-35-32(38)40-33(5,6)7)30(25-15-13-24(18-34)14-16-25)29(23(4)36-28)22(3)20-39-31(37)26-11-9-8-10-12-26/h8-16,21H,3,17-20,34H2,1-2,4-7H3,(H,35,38). The number of hydrogen-bond donors (Lipinski definition) is 2. The molecule has 0 saturated carbocycles. The molecule has 1 aromatic heterocycles. The molecule has 0 spiro atoms. The van der Waals surface area contributed by atoms with Crippen molar-refractivity contribution in [2.45, 2.75) is 66.7 Å². The van der Waals surface area contributed by atoms with Crippen molar-refractivity contribution in [2.75, 3.05) is 6.61 Å². The monoisotopic (exact) mass is 543 g/mol. The van der Waals surface area contributed by atoms with Gasteiger partial charge in [-0.1, -0.05) is 62.9 Å². The molecule has 1 heterocycles. The van der Waals surface area contributed by atoms with Crippen molar-refractivity contribution in [1.29, 1.82) is 0 Å². The van der Waals surface area contributed by atoms with Gasteiger partial charge in [0, 0.05) is 35.6 Å². The van der Waals surface area contributed by atoms with Gasteiger partial charge in [0.15, 0.2) is 0 Å². The lowest BCUT2D eigenvalue weighted by molar-refractivity contribution is 0.0520. The van der Waals surface area contributed by atoms with Crippen LogP contribution in [0.15, 0.2) is 61.2 Å². The minimum atomic E-state index is -0.626. The normalized spacial score (nSPS) is 11.3. The fourth-order valence-corrected chi connectivity index (χ4v) is 4.46. The number of hydrogen-bond acceptors (Lipinski definition) is 6. The van der Waals surface area contributed by atoms with Crippen molar-refractivity contribution in [1.82, 2.24) is 10.3 Å². The first-order chi connectivity index (χ1) is 18.9. The van der Waals surface area contributed by atoms with E-state index in [1.54, 1.807) is 24.3 Å². The maximum atomic E-state index is 12.7. The highest BCUT2D eigenvalue weighted by Crippen LogP contribution is 2.36. The van der Waals surface area contributed by atoms with Gasteiger partial charge in [0.1, 0.15) is 12.2 Å². The number of aromatic nitrogens is 1. The largest absolute Gasteiger partial charge is 0.457 e. The summed E-state index contributed by atoms with van der Waals surface area (Å²) in [5.41, 5.74) is 12.5. The van der Waals surface area contributed by atoms with E-state index >= 15 is 0 Å². The molecule has 0 fully saturated rings. The zero-order valence-corrected chi connectivity index (χ0v) is 24.5. The third-order valence-electron chi connectivity index (χ3n) is 6.19. The van der Waals surface area contributed by atoms with Crippen LogP contribution in [-0.2, 0) is 29.0 Å². The molecule has 0 radical (unpaired) electrons. The summed E-state index contributed by atoms with van der Waals surface area (Å²) in [6.45, 7) is 16.6. The highest BCUT2D eigenvalue weighted by atomic mass is 16.6. The second kappa shape index (κ2) is 13.4. The van der Waals surface area contributed by atoms with Gasteiger partial charge in [-0.25, -0.2) is 9.59 Å². The summed E-state index contributed by atoms with van der Waals surface area (Å²) in [5.74, 6) is -0.0926. The number of alkyl carbamates (subject to hydrolysis) is 1. The molecule has 7 heteroatoms. The summed E-state index contributed by atoms with van der Waals surface area (Å²) in [4.78, 5) is 30.3. The number of amides is 1. The van der Waals surface area contributed by atoms with Crippen molar-refractivity contribution in [3.63, 3.8) is 0 Å². The number of benzene rings is 2. The van der Waals surface area contributed by atoms with Gasteiger partial charge in [-0.3, -0.25) is 4.98 Å². The van der Waals surface area contributed by atoms with Crippen LogP contribution in [0.5, 0.6) is 0 Å². The van der Waals surface area contributed by atoms with Crippen LogP contribution in [0.2, 0.25) is 0 Å². The Morgan fingerprint density at radius 1 is 1.05 bits per heavy atom. The van der Waals surface area contributed by atoms with Crippen molar-refractivity contribution in [3.8, 4) is 11.1 Å². The van der Waals surface area contributed by atoms with Gasteiger partial charge < -0.3 is 20.5 Å². The molecule has 3 N–H and O–H groups in total. The molecule has 0 aliphatic carbocycles. The van der Waals surface area contributed by atoms with Crippen LogP contribution in [0.4, 0.5) is 4.79 Å². The molecule has 0 atom stereocenters. The third kappa shape index (κ3) is 8.26. The highest BCUT2D eigenvalue weighted by Gasteiger charge is 2.24. The van der Waals surface area contributed by atoms with Crippen LogP contribution < -0.4 is 11.1 Å². The van der Waals surface area contributed by atoms with Gasteiger partial charge in [0.25, 0.3) is 0 Å². The highest BCUT2D eigenvalue weighted by molar-refractivity contribution is 5.91. The summed E-state index contributed by atoms with van der Waals surface area (Å²) in [5, 5.41) is 2.92. The Kier molecular flexibility index (Phi) is 10.2. The Morgan fingerprint density at radius 2 is 1.70 bits per heavy atom. The zero-order chi connectivity index (χ0) is 29.4. The maximum Gasteiger partial charge on any atom is 0.407 e. The van der Waals surface area contributed by atoms with Gasteiger partial charge >= 0.3 is 12.1 Å². The zero-order valence-electron chi connectivity index (χ0n) is 24.5. The van der Waals surface area contributed by atoms with E-state index in [2.05, 4.69) is 25.7 Å². The predicted octanol–water partition coefficient (Wildman–Crippen LogP) is 6.61. The van der Waals surface area contributed by atoms with E-state index < -0.39 is 17.7 Å². The Morgan fingerprint density at radius 3 is 2.27 bits per heavy atom. The third-order valence-corrected chi connectivity index (χ3v) is 6.19. The summed E-state index contributed by atoms with van der Waals surface area (Å²) in [7, 11) is 0. The number of rotatable bonds is 10. The lowest BCUT2D eigenvalue weighted by atomic mass is 9.87. The summed E-state index contributed by atoms with van der Waals surface area (Å²) < 4.78 is 11.1. The fourth-order valence-electron chi connectivity index (χ4n) is 4.46. The Bertz CT molecular complexity index is 1340. The topological polar surface area (TPSA) is 104 Å². The number of pyridine rings is 1. The molecule has 7 nitrogen and oxygen atoms in total.